The first-order chi connectivity index (χ1) is 18.0. The van der Waals surface area contributed by atoms with E-state index < -0.39 is 10.8 Å². The smallest absolute Gasteiger partial charge is 0.288 e. The average molecular weight is 507 g/mol. The van der Waals surface area contributed by atoms with E-state index in [9.17, 15) is 14.9 Å². The number of Topliss-reactive ketones (excluding diaryl/α,β-unsaturated/α-hetero) is 1. The standard InChI is InChI=1S/C31H23ClN2O3/c32-28-14-10-20(18-30(28)34(36)37)31(35)21-16-26-24-11-9-19-6-3-4-7-22(19)23(24)12-13-25(26)27(17-21)29-8-2-1-5-15-33-29/h1-8,10-16,18,21,27,33H,9,17H2. The van der Waals surface area contributed by atoms with E-state index in [1.807, 2.05) is 30.5 Å². The summed E-state index contributed by atoms with van der Waals surface area (Å²) < 4.78 is 0. The zero-order valence-electron chi connectivity index (χ0n) is 19.9. The Morgan fingerprint density at radius 1 is 1.00 bits per heavy atom. The van der Waals surface area contributed by atoms with Crippen molar-refractivity contribution in [2.24, 2.45) is 5.92 Å². The van der Waals surface area contributed by atoms with Crippen LogP contribution < -0.4 is 15.8 Å². The minimum absolute atomic E-state index is 0.0196. The molecule has 0 fully saturated rings. The highest BCUT2D eigenvalue weighted by molar-refractivity contribution is 6.32. The Labute approximate surface area is 218 Å². The third kappa shape index (κ3) is 4.11. The van der Waals surface area contributed by atoms with Crippen molar-refractivity contribution in [2.45, 2.75) is 18.8 Å². The number of nitro groups is 1. The zero-order chi connectivity index (χ0) is 25.5. The van der Waals surface area contributed by atoms with E-state index in [1.165, 1.54) is 28.8 Å². The van der Waals surface area contributed by atoms with Crippen LogP contribution in [0.2, 0.25) is 5.02 Å². The highest BCUT2D eigenvalue weighted by Crippen LogP contribution is 2.36. The van der Waals surface area contributed by atoms with Crippen molar-refractivity contribution in [3.63, 3.8) is 0 Å². The van der Waals surface area contributed by atoms with E-state index in [0.29, 0.717) is 12.0 Å². The topological polar surface area (TPSA) is 72.2 Å². The molecule has 2 atom stereocenters. The third-order valence-electron chi connectivity index (χ3n) is 7.37. The second kappa shape index (κ2) is 9.34. The zero-order valence-corrected chi connectivity index (χ0v) is 20.6. The van der Waals surface area contributed by atoms with Crippen LogP contribution in [0.3, 0.4) is 0 Å². The number of carbonyl (C=O) groups is 1. The highest BCUT2D eigenvalue weighted by Gasteiger charge is 2.31. The fourth-order valence-electron chi connectivity index (χ4n) is 5.61. The molecule has 6 heteroatoms. The van der Waals surface area contributed by atoms with Gasteiger partial charge in [0, 0.05) is 35.4 Å². The maximum Gasteiger partial charge on any atom is 0.288 e. The van der Waals surface area contributed by atoms with Gasteiger partial charge in [0.25, 0.3) is 5.69 Å². The Hall–Kier alpha value is -4.22. The van der Waals surface area contributed by atoms with Crippen LogP contribution in [0.5, 0.6) is 0 Å². The van der Waals surface area contributed by atoms with E-state index in [0.717, 1.165) is 28.1 Å². The van der Waals surface area contributed by atoms with E-state index in [4.69, 9.17) is 11.6 Å². The molecule has 37 heavy (non-hydrogen) atoms. The van der Waals surface area contributed by atoms with Gasteiger partial charge in [-0.1, -0.05) is 72.3 Å². The van der Waals surface area contributed by atoms with Crippen molar-refractivity contribution in [1.82, 2.24) is 5.32 Å². The lowest BCUT2D eigenvalue weighted by Gasteiger charge is -2.30. The first kappa shape index (κ1) is 23.2. The lowest BCUT2D eigenvalue weighted by Crippen LogP contribution is -2.39. The number of hydrogen-bond acceptors (Lipinski definition) is 4. The van der Waals surface area contributed by atoms with Crippen LogP contribution in [0.4, 0.5) is 5.69 Å². The monoisotopic (exact) mass is 506 g/mol. The number of rotatable bonds is 4. The summed E-state index contributed by atoms with van der Waals surface area (Å²) >= 11 is 6.02. The van der Waals surface area contributed by atoms with Gasteiger partial charge < -0.3 is 5.32 Å². The summed E-state index contributed by atoms with van der Waals surface area (Å²) in [7, 11) is 0. The number of nitrogens with one attached hydrogen (secondary N) is 1. The second-order valence-electron chi connectivity index (χ2n) is 9.45. The maximum atomic E-state index is 13.8. The van der Waals surface area contributed by atoms with Gasteiger partial charge in [0.1, 0.15) is 5.02 Å². The molecule has 3 aliphatic rings. The average Bonchev–Trinajstić information content (AvgIpc) is 3.21. The minimum Gasteiger partial charge on any atom is -0.364 e. The number of fused-ring (bicyclic) bond motifs is 5. The molecule has 1 N–H and O–H groups in total. The Bertz CT molecular complexity index is 1680. The van der Waals surface area contributed by atoms with Crippen LogP contribution in [0, 0.1) is 16.0 Å². The molecule has 2 aliphatic carbocycles. The molecule has 0 saturated carbocycles. The van der Waals surface area contributed by atoms with Crippen molar-refractivity contribution < 1.29 is 9.72 Å². The number of benzene rings is 3. The van der Waals surface area contributed by atoms with Crippen molar-refractivity contribution in [1.29, 1.82) is 0 Å². The van der Waals surface area contributed by atoms with Gasteiger partial charge in [-0.15, -0.1) is 0 Å². The Balaban J connectivity index is 1.53. The van der Waals surface area contributed by atoms with Crippen molar-refractivity contribution >= 4 is 35.2 Å². The molecule has 0 radical (unpaired) electrons. The number of carbonyl (C=O) groups excluding carboxylic acids is 1. The molecule has 3 aromatic carbocycles. The molecule has 1 heterocycles. The molecule has 0 saturated heterocycles. The fraction of sp³-hybridized carbons (Fsp3) is 0.129. The SMILES string of the molecule is O=C(c1ccc(Cl)c([N+](=O)[O-])c1)C1C=c2c(ccc3c2=CCc2ccccc2-3)C(C2=CC=CC=CN2)C1. The Kier molecular flexibility index (Phi) is 5.85. The first-order valence-corrected chi connectivity index (χ1v) is 12.6. The summed E-state index contributed by atoms with van der Waals surface area (Å²) in [5, 5.41) is 17.1. The van der Waals surface area contributed by atoms with Gasteiger partial charge in [0.2, 0.25) is 0 Å². The molecule has 0 spiro atoms. The predicted molar refractivity (Wildman–Crippen MR) is 147 cm³/mol. The number of allylic oxidation sites excluding steroid dienone is 5. The third-order valence-corrected chi connectivity index (χ3v) is 7.69. The molecule has 5 nitrogen and oxygen atoms in total. The van der Waals surface area contributed by atoms with Crippen LogP contribution >= 0.6 is 11.6 Å². The van der Waals surface area contributed by atoms with Gasteiger partial charge in [-0.25, -0.2) is 0 Å². The number of nitrogens with zero attached hydrogens (tertiary/aromatic N) is 1. The number of hydrogen-bond donors (Lipinski definition) is 1. The summed E-state index contributed by atoms with van der Waals surface area (Å²) in [6.45, 7) is 0. The molecule has 6 rings (SSSR count). The normalized spacial score (nSPS) is 19.1. The van der Waals surface area contributed by atoms with Gasteiger partial charge in [0.15, 0.2) is 5.78 Å². The lowest BCUT2D eigenvalue weighted by atomic mass is 9.75. The number of ketones is 1. The van der Waals surface area contributed by atoms with Crippen molar-refractivity contribution in [3.05, 3.63) is 133 Å². The molecule has 0 bridgehead atoms. The van der Waals surface area contributed by atoms with Crippen LogP contribution in [-0.4, -0.2) is 10.7 Å². The molecular weight excluding hydrogens is 484 g/mol. The minimum atomic E-state index is -0.552. The molecule has 1 aliphatic heterocycles. The molecule has 3 aromatic rings. The quantitative estimate of drug-likeness (QED) is 0.285. The van der Waals surface area contributed by atoms with Gasteiger partial charge in [0.05, 0.1) is 4.92 Å². The number of nitro benzene ring substituents is 1. The van der Waals surface area contributed by atoms with Crippen LogP contribution in [-0.2, 0) is 6.42 Å². The summed E-state index contributed by atoms with van der Waals surface area (Å²) in [6.07, 6.45) is 15.5. The fourth-order valence-corrected chi connectivity index (χ4v) is 5.79. The number of halogens is 1. The maximum absolute atomic E-state index is 13.8. The summed E-state index contributed by atoms with van der Waals surface area (Å²) in [5.41, 5.74) is 5.87. The van der Waals surface area contributed by atoms with Gasteiger partial charge in [-0.2, -0.15) is 0 Å². The van der Waals surface area contributed by atoms with Crippen LogP contribution in [0.25, 0.3) is 23.3 Å². The van der Waals surface area contributed by atoms with E-state index in [2.05, 4.69) is 53.9 Å². The highest BCUT2D eigenvalue weighted by atomic mass is 35.5. The van der Waals surface area contributed by atoms with Crippen molar-refractivity contribution in [3.8, 4) is 11.1 Å². The second-order valence-corrected chi connectivity index (χ2v) is 9.86. The molecule has 0 amide bonds. The van der Waals surface area contributed by atoms with Crippen LogP contribution in [0.1, 0.15) is 33.8 Å². The van der Waals surface area contributed by atoms with Gasteiger partial charge >= 0.3 is 0 Å². The molecular formula is C31H23ClN2O3. The summed E-state index contributed by atoms with van der Waals surface area (Å²) in [4.78, 5) is 24.7. The summed E-state index contributed by atoms with van der Waals surface area (Å²) in [5.74, 6) is -0.640. The summed E-state index contributed by atoms with van der Waals surface area (Å²) in [6, 6.07) is 17.1. The Morgan fingerprint density at radius 2 is 1.86 bits per heavy atom. The molecule has 2 unspecified atom stereocenters. The largest absolute Gasteiger partial charge is 0.364 e. The van der Waals surface area contributed by atoms with Crippen molar-refractivity contribution in [2.75, 3.05) is 0 Å². The molecule has 0 aromatic heterocycles. The predicted octanol–water partition coefficient (Wildman–Crippen LogP) is 5.58. The molecule has 182 valence electrons. The lowest BCUT2D eigenvalue weighted by molar-refractivity contribution is -0.384. The van der Waals surface area contributed by atoms with E-state index in [-0.39, 0.29) is 22.4 Å². The van der Waals surface area contributed by atoms with E-state index >= 15 is 0 Å². The van der Waals surface area contributed by atoms with Crippen LogP contribution in [0.15, 0.2) is 90.8 Å². The first-order valence-electron chi connectivity index (χ1n) is 12.2. The van der Waals surface area contributed by atoms with Gasteiger partial charge in [-0.05, 0) is 69.8 Å². The van der Waals surface area contributed by atoms with E-state index in [1.54, 1.807) is 6.07 Å². The van der Waals surface area contributed by atoms with Gasteiger partial charge in [-0.3, -0.25) is 14.9 Å². The Morgan fingerprint density at radius 3 is 2.73 bits per heavy atom.